The number of methoxy groups -OCH3 is 1. The number of nitrogens with zero attached hydrogens (tertiary/aromatic N) is 2. The maximum absolute atomic E-state index is 13.2. The van der Waals surface area contributed by atoms with E-state index in [0.717, 1.165) is 5.56 Å². The first-order valence-electron chi connectivity index (χ1n) is 9.04. The molecule has 1 amide bonds. The van der Waals surface area contributed by atoms with Crippen LogP contribution in [0.2, 0.25) is 0 Å². The molecule has 148 valence electrons. The van der Waals surface area contributed by atoms with Gasteiger partial charge < -0.3 is 9.64 Å². The fourth-order valence-electron chi connectivity index (χ4n) is 2.99. The first-order chi connectivity index (χ1) is 13.4. The summed E-state index contributed by atoms with van der Waals surface area (Å²) in [7, 11) is 1.23. The summed E-state index contributed by atoms with van der Waals surface area (Å²) in [6.07, 6.45) is -0.162. The Morgan fingerprint density at radius 3 is 2.18 bits per heavy atom. The number of benzene rings is 2. The molecule has 7 heteroatoms. The molecule has 0 aliphatic carbocycles. The lowest BCUT2D eigenvalue weighted by atomic mass is 9.96. The maximum atomic E-state index is 13.2. The molecule has 0 radical (unpaired) electrons. The van der Waals surface area contributed by atoms with E-state index in [1.807, 2.05) is 48.5 Å². The summed E-state index contributed by atoms with van der Waals surface area (Å²) < 4.78 is 4.56. The van der Waals surface area contributed by atoms with Crippen molar-refractivity contribution in [3.63, 3.8) is 0 Å². The summed E-state index contributed by atoms with van der Waals surface area (Å²) in [5.41, 5.74) is 1.58. The van der Waals surface area contributed by atoms with Crippen molar-refractivity contribution in [2.75, 3.05) is 12.0 Å². The SMILES string of the molecule is COC(=O)CC[C@H]([C@@H](C)C(=O)N(Cc1ccccc1)c1ccccc1)[N+](=O)[O-]. The summed E-state index contributed by atoms with van der Waals surface area (Å²) >= 11 is 0. The van der Waals surface area contributed by atoms with Gasteiger partial charge in [-0.15, -0.1) is 0 Å². The van der Waals surface area contributed by atoms with E-state index < -0.39 is 22.9 Å². The van der Waals surface area contributed by atoms with Crippen LogP contribution in [-0.4, -0.2) is 30.0 Å². The average molecular weight is 384 g/mol. The van der Waals surface area contributed by atoms with E-state index >= 15 is 0 Å². The van der Waals surface area contributed by atoms with Gasteiger partial charge in [-0.3, -0.25) is 19.7 Å². The van der Waals surface area contributed by atoms with Crippen LogP contribution in [0.1, 0.15) is 25.3 Å². The average Bonchev–Trinajstić information content (AvgIpc) is 2.72. The zero-order valence-corrected chi connectivity index (χ0v) is 16.0. The Labute approximate surface area is 164 Å². The highest BCUT2D eigenvalue weighted by atomic mass is 16.6. The van der Waals surface area contributed by atoms with Crippen molar-refractivity contribution in [1.82, 2.24) is 0 Å². The smallest absolute Gasteiger partial charge is 0.305 e. The third kappa shape index (κ3) is 5.64. The lowest BCUT2D eigenvalue weighted by molar-refractivity contribution is -0.529. The molecule has 2 rings (SSSR count). The summed E-state index contributed by atoms with van der Waals surface area (Å²) in [6, 6.07) is 17.3. The van der Waals surface area contributed by atoms with Gasteiger partial charge in [0.1, 0.15) is 5.92 Å². The molecule has 2 atom stereocenters. The van der Waals surface area contributed by atoms with Crippen LogP contribution in [0.5, 0.6) is 0 Å². The highest BCUT2D eigenvalue weighted by Gasteiger charge is 2.36. The molecule has 0 aliphatic heterocycles. The van der Waals surface area contributed by atoms with Crippen molar-refractivity contribution in [2.45, 2.75) is 32.4 Å². The van der Waals surface area contributed by atoms with E-state index in [-0.39, 0.29) is 18.7 Å². The highest BCUT2D eigenvalue weighted by Crippen LogP contribution is 2.23. The second-order valence-corrected chi connectivity index (χ2v) is 6.50. The molecule has 2 aromatic carbocycles. The summed E-state index contributed by atoms with van der Waals surface area (Å²) in [6.45, 7) is 1.84. The number of nitro groups is 1. The fourth-order valence-corrected chi connectivity index (χ4v) is 2.99. The van der Waals surface area contributed by atoms with Crippen LogP contribution in [-0.2, 0) is 20.9 Å². The van der Waals surface area contributed by atoms with E-state index in [4.69, 9.17) is 0 Å². The second kappa shape index (κ2) is 10.2. The molecule has 0 aliphatic rings. The lowest BCUT2D eigenvalue weighted by Crippen LogP contribution is -2.42. The molecule has 0 saturated carbocycles. The first kappa shape index (κ1) is 21.1. The van der Waals surface area contributed by atoms with Gasteiger partial charge in [-0.1, -0.05) is 48.5 Å². The topological polar surface area (TPSA) is 89.8 Å². The predicted molar refractivity (Wildman–Crippen MR) is 105 cm³/mol. The van der Waals surface area contributed by atoms with Gasteiger partial charge >= 0.3 is 5.97 Å². The molecule has 2 aromatic rings. The Morgan fingerprint density at radius 2 is 1.64 bits per heavy atom. The lowest BCUT2D eigenvalue weighted by Gasteiger charge is -2.27. The van der Waals surface area contributed by atoms with Crippen molar-refractivity contribution >= 4 is 17.6 Å². The van der Waals surface area contributed by atoms with E-state index in [0.29, 0.717) is 12.2 Å². The number of rotatable bonds is 9. The Hall–Kier alpha value is -3.22. The van der Waals surface area contributed by atoms with Crippen LogP contribution in [0.15, 0.2) is 60.7 Å². The third-order valence-corrected chi connectivity index (χ3v) is 4.63. The Kier molecular flexibility index (Phi) is 7.68. The van der Waals surface area contributed by atoms with Crippen molar-refractivity contribution in [2.24, 2.45) is 5.92 Å². The van der Waals surface area contributed by atoms with Gasteiger partial charge in [-0.25, -0.2) is 0 Å². The number of hydrogen-bond donors (Lipinski definition) is 0. The number of amides is 1. The van der Waals surface area contributed by atoms with Crippen molar-refractivity contribution in [3.8, 4) is 0 Å². The van der Waals surface area contributed by atoms with Crippen LogP contribution in [0.25, 0.3) is 0 Å². The Bertz CT molecular complexity index is 795. The van der Waals surface area contributed by atoms with Crippen LogP contribution in [0.3, 0.4) is 0 Å². The molecule has 0 unspecified atom stereocenters. The molecule has 0 N–H and O–H groups in total. The third-order valence-electron chi connectivity index (χ3n) is 4.63. The number of esters is 1. The Balaban J connectivity index is 2.26. The van der Waals surface area contributed by atoms with Crippen LogP contribution in [0, 0.1) is 16.0 Å². The minimum Gasteiger partial charge on any atom is -0.469 e. The number of ether oxygens (including phenoxy) is 1. The maximum Gasteiger partial charge on any atom is 0.305 e. The van der Waals surface area contributed by atoms with E-state index in [1.165, 1.54) is 14.0 Å². The number of carbonyl (C=O) groups is 2. The minimum absolute atomic E-state index is 0.0550. The predicted octanol–water partition coefficient (Wildman–Crippen LogP) is 3.45. The largest absolute Gasteiger partial charge is 0.469 e. The molecule has 7 nitrogen and oxygen atoms in total. The monoisotopic (exact) mass is 384 g/mol. The minimum atomic E-state index is -1.17. The molecule has 0 saturated heterocycles. The molecular formula is C21H24N2O5. The number of hydrogen-bond acceptors (Lipinski definition) is 5. The van der Waals surface area contributed by atoms with Gasteiger partial charge in [-0.05, 0) is 24.6 Å². The summed E-state index contributed by atoms with van der Waals surface area (Å²) in [5.74, 6) is -1.79. The van der Waals surface area contributed by atoms with Crippen molar-refractivity contribution < 1.29 is 19.2 Å². The zero-order valence-electron chi connectivity index (χ0n) is 16.0. The van der Waals surface area contributed by atoms with E-state index in [1.54, 1.807) is 17.0 Å². The normalized spacial score (nSPS) is 12.6. The van der Waals surface area contributed by atoms with E-state index in [9.17, 15) is 19.7 Å². The van der Waals surface area contributed by atoms with Crippen molar-refractivity contribution in [1.29, 1.82) is 0 Å². The second-order valence-electron chi connectivity index (χ2n) is 6.50. The number of anilines is 1. The van der Waals surface area contributed by atoms with Crippen LogP contribution >= 0.6 is 0 Å². The number of para-hydroxylation sites is 1. The standard InChI is InChI=1S/C21H24N2O5/c1-16(19(23(26)27)13-14-20(24)28-2)21(25)22(18-11-7-4-8-12-18)15-17-9-5-3-6-10-17/h3-12,16,19H,13-15H2,1-2H3/t16-,19-/m1/s1. The molecule has 0 spiro atoms. The van der Waals surface area contributed by atoms with Crippen LogP contribution in [0.4, 0.5) is 5.69 Å². The highest BCUT2D eigenvalue weighted by molar-refractivity contribution is 5.95. The molecule has 28 heavy (non-hydrogen) atoms. The zero-order chi connectivity index (χ0) is 20.5. The molecule has 0 heterocycles. The first-order valence-corrected chi connectivity index (χ1v) is 9.04. The summed E-state index contributed by atoms with van der Waals surface area (Å²) in [4.78, 5) is 37.2. The molecule has 0 aromatic heterocycles. The van der Waals surface area contributed by atoms with Gasteiger partial charge in [0, 0.05) is 17.0 Å². The Morgan fingerprint density at radius 1 is 1.07 bits per heavy atom. The molecule has 0 fully saturated rings. The summed E-state index contributed by atoms with van der Waals surface area (Å²) in [5, 5.41) is 11.5. The van der Waals surface area contributed by atoms with Crippen LogP contribution < -0.4 is 4.90 Å². The fraction of sp³-hybridized carbons (Fsp3) is 0.333. The molecular weight excluding hydrogens is 360 g/mol. The quantitative estimate of drug-likeness (QED) is 0.375. The van der Waals surface area contributed by atoms with Crippen molar-refractivity contribution in [3.05, 3.63) is 76.3 Å². The molecule has 0 bridgehead atoms. The van der Waals surface area contributed by atoms with Gasteiger partial charge in [-0.2, -0.15) is 0 Å². The number of carbonyl (C=O) groups excluding carboxylic acids is 2. The van der Waals surface area contributed by atoms with E-state index in [2.05, 4.69) is 4.74 Å². The van der Waals surface area contributed by atoms with Gasteiger partial charge in [0.25, 0.3) is 0 Å². The van der Waals surface area contributed by atoms with Gasteiger partial charge in [0.15, 0.2) is 0 Å². The van der Waals surface area contributed by atoms with Gasteiger partial charge in [0.05, 0.1) is 20.1 Å². The van der Waals surface area contributed by atoms with Gasteiger partial charge in [0.2, 0.25) is 11.9 Å².